The van der Waals surface area contributed by atoms with E-state index in [1.54, 1.807) is 0 Å². The molecule has 0 atom stereocenters. The maximum absolute atomic E-state index is 5.25. The van der Waals surface area contributed by atoms with Crippen LogP contribution >= 0.6 is 11.3 Å². The van der Waals surface area contributed by atoms with Gasteiger partial charge < -0.3 is 4.57 Å². The molecule has 0 spiro atoms. The van der Waals surface area contributed by atoms with Crippen molar-refractivity contribution in [2.45, 2.75) is 0 Å². The molecule has 0 unspecified atom stereocenters. The number of nitrogens with zero attached hydrogens (tertiary/aromatic N) is 4. The van der Waals surface area contributed by atoms with Crippen molar-refractivity contribution < 1.29 is 0 Å². The van der Waals surface area contributed by atoms with Crippen LogP contribution in [-0.2, 0) is 0 Å². The fourth-order valence-corrected chi connectivity index (χ4v) is 8.21. The molecule has 0 radical (unpaired) electrons. The molecule has 3 aromatic heterocycles. The molecule has 4 nitrogen and oxygen atoms in total. The van der Waals surface area contributed by atoms with Crippen LogP contribution in [0.1, 0.15) is 0 Å². The highest BCUT2D eigenvalue weighted by atomic mass is 32.1. The molecule has 5 heteroatoms. The van der Waals surface area contributed by atoms with E-state index in [1.165, 1.54) is 42.0 Å². The van der Waals surface area contributed by atoms with E-state index >= 15 is 0 Å². The summed E-state index contributed by atoms with van der Waals surface area (Å²) in [5.74, 6) is 0.652. The average Bonchev–Trinajstić information content (AvgIpc) is 3.66. The lowest BCUT2D eigenvalue weighted by atomic mass is 10.1. The Labute approximate surface area is 263 Å². The molecule has 0 fully saturated rings. The topological polar surface area (TPSA) is 34.0 Å². The van der Waals surface area contributed by atoms with Gasteiger partial charge in [-0.3, -0.25) is 4.90 Å². The van der Waals surface area contributed by atoms with Gasteiger partial charge in [0.2, 0.25) is 5.95 Å². The lowest BCUT2D eigenvalue weighted by molar-refractivity contribution is 1.05. The Morgan fingerprint density at radius 3 is 1.78 bits per heavy atom. The quantitative estimate of drug-likeness (QED) is 0.205. The van der Waals surface area contributed by atoms with Crippen molar-refractivity contribution in [3.05, 3.63) is 146 Å². The number of rotatable bonds is 3. The monoisotopic (exact) mass is 592 g/mol. The largest absolute Gasteiger partial charge is 0.304 e. The van der Waals surface area contributed by atoms with Crippen molar-refractivity contribution in [1.82, 2.24) is 14.5 Å². The fourth-order valence-electron chi connectivity index (χ4n) is 6.97. The van der Waals surface area contributed by atoms with Crippen molar-refractivity contribution >= 4 is 70.6 Å². The molecule has 0 aliphatic carbocycles. The normalized spacial score (nSPS) is 12.4. The van der Waals surface area contributed by atoms with E-state index in [1.807, 2.05) is 23.5 Å². The second kappa shape index (κ2) is 9.36. The first-order chi connectivity index (χ1) is 22.3. The molecule has 1 aliphatic heterocycles. The predicted molar refractivity (Wildman–Crippen MR) is 188 cm³/mol. The van der Waals surface area contributed by atoms with Crippen molar-refractivity contribution in [3.63, 3.8) is 0 Å². The van der Waals surface area contributed by atoms with Crippen LogP contribution in [0.2, 0.25) is 0 Å². The number of aromatic nitrogens is 3. The Balaban J connectivity index is 1.31. The summed E-state index contributed by atoms with van der Waals surface area (Å²) in [6, 6.07) is 51.5. The van der Waals surface area contributed by atoms with Crippen LogP contribution in [0.15, 0.2) is 146 Å². The molecule has 0 saturated heterocycles. The van der Waals surface area contributed by atoms with Gasteiger partial charge in [-0.2, -0.15) is 0 Å². The third kappa shape index (κ3) is 3.53. The average molecular weight is 593 g/mol. The highest BCUT2D eigenvalue weighted by molar-refractivity contribution is 7.26. The van der Waals surface area contributed by atoms with Gasteiger partial charge in [-0.1, -0.05) is 115 Å². The van der Waals surface area contributed by atoms with Crippen LogP contribution in [0.25, 0.3) is 70.2 Å². The molecule has 0 saturated carbocycles. The number of benzene rings is 6. The third-order valence-corrected chi connectivity index (χ3v) is 10.1. The summed E-state index contributed by atoms with van der Waals surface area (Å²) in [4.78, 5) is 12.8. The molecule has 210 valence electrons. The van der Waals surface area contributed by atoms with E-state index < -0.39 is 0 Å². The fraction of sp³-hybridized carbons (Fsp3) is 0. The maximum Gasteiger partial charge on any atom is 0.235 e. The summed E-state index contributed by atoms with van der Waals surface area (Å²) < 4.78 is 5.10. The lowest BCUT2D eigenvalue weighted by Gasteiger charge is -2.31. The van der Waals surface area contributed by atoms with Crippen LogP contribution in [0, 0.1) is 0 Å². The van der Waals surface area contributed by atoms with Gasteiger partial charge in [-0.25, -0.2) is 9.97 Å². The molecule has 45 heavy (non-hydrogen) atoms. The molecule has 0 N–H and O–H groups in total. The second-order valence-electron chi connectivity index (χ2n) is 11.4. The Bertz CT molecular complexity index is 2540. The standard InChI is InChI=1S/C40H24N4S/c1-3-12-25(13-4-1)31-24-32(26-14-5-2-6-15-26)42-40(41-31)43-33-18-8-9-19-34(33)44-37-28(17-11-20-35(37)43)29-22-23-30-27-16-7-10-21-36(27)45-39(30)38(29)44/h1-24H. The number of fused-ring (bicyclic) bond motifs is 9. The molecule has 4 heterocycles. The molecule has 6 aromatic carbocycles. The molecule has 0 amide bonds. The molecule has 9 aromatic rings. The Kier molecular flexibility index (Phi) is 5.12. The number of para-hydroxylation sites is 3. The summed E-state index contributed by atoms with van der Waals surface area (Å²) >= 11 is 1.88. The van der Waals surface area contributed by atoms with Crippen molar-refractivity contribution in [3.8, 4) is 28.2 Å². The van der Waals surface area contributed by atoms with Crippen molar-refractivity contribution in [2.24, 2.45) is 0 Å². The van der Waals surface area contributed by atoms with Gasteiger partial charge in [0.25, 0.3) is 0 Å². The number of anilines is 3. The summed E-state index contributed by atoms with van der Waals surface area (Å²) in [5.41, 5.74) is 9.57. The molecule has 0 bridgehead atoms. The van der Waals surface area contributed by atoms with Crippen LogP contribution in [0.3, 0.4) is 0 Å². The molecule has 1 aliphatic rings. The van der Waals surface area contributed by atoms with Crippen molar-refractivity contribution in [2.75, 3.05) is 4.90 Å². The minimum atomic E-state index is 0.652. The Morgan fingerprint density at radius 1 is 0.444 bits per heavy atom. The first-order valence-electron chi connectivity index (χ1n) is 15.1. The van der Waals surface area contributed by atoms with Crippen LogP contribution in [0.5, 0.6) is 0 Å². The molecule has 10 rings (SSSR count). The van der Waals surface area contributed by atoms with Gasteiger partial charge in [-0.15, -0.1) is 11.3 Å². The van der Waals surface area contributed by atoms with E-state index in [2.05, 4.69) is 143 Å². The van der Waals surface area contributed by atoms with Crippen molar-refractivity contribution in [1.29, 1.82) is 0 Å². The highest BCUT2D eigenvalue weighted by Crippen LogP contribution is 2.51. The van der Waals surface area contributed by atoms with Gasteiger partial charge in [0, 0.05) is 37.4 Å². The Morgan fingerprint density at radius 2 is 1.02 bits per heavy atom. The van der Waals surface area contributed by atoms with Crippen LogP contribution in [0.4, 0.5) is 17.3 Å². The van der Waals surface area contributed by atoms with Gasteiger partial charge in [0.05, 0.1) is 44.2 Å². The van der Waals surface area contributed by atoms with Crippen LogP contribution < -0.4 is 4.90 Å². The Hall–Kier alpha value is -5.78. The van der Waals surface area contributed by atoms with Gasteiger partial charge in [-0.05, 0) is 30.3 Å². The SMILES string of the molecule is c1ccc(-c2cc(-c3ccccc3)nc(N3c4ccccc4-n4c5c3cccc5c3ccc5c6ccccc6sc5c34)n2)cc1. The van der Waals surface area contributed by atoms with Gasteiger partial charge in [0.15, 0.2) is 0 Å². The van der Waals surface area contributed by atoms with E-state index in [0.29, 0.717) is 5.95 Å². The predicted octanol–water partition coefficient (Wildman–Crippen LogP) is 11.1. The maximum atomic E-state index is 5.25. The second-order valence-corrected chi connectivity index (χ2v) is 12.5. The smallest absolute Gasteiger partial charge is 0.235 e. The number of thiophene rings is 1. The minimum absolute atomic E-state index is 0.652. The first kappa shape index (κ1) is 24.6. The van der Waals surface area contributed by atoms with Gasteiger partial charge >= 0.3 is 0 Å². The minimum Gasteiger partial charge on any atom is -0.304 e. The summed E-state index contributed by atoms with van der Waals surface area (Å²) in [6.45, 7) is 0. The van der Waals surface area contributed by atoms with E-state index in [0.717, 1.165) is 39.6 Å². The van der Waals surface area contributed by atoms with Crippen LogP contribution in [-0.4, -0.2) is 14.5 Å². The van der Waals surface area contributed by atoms with Gasteiger partial charge in [0.1, 0.15) is 0 Å². The zero-order chi connectivity index (χ0) is 29.5. The van der Waals surface area contributed by atoms with E-state index in [-0.39, 0.29) is 0 Å². The third-order valence-electron chi connectivity index (χ3n) is 8.93. The summed E-state index contributed by atoms with van der Waals surface area (Å²) in [6.07, 6.45) is 0. The summed E-state index contributed by atoms with van der Waals surface area (Å²) in [5, 5.41) is 5.09. The first-order valence-corrected chi connectivity index (χ1v) is 15.9. The van der Waals surface area contributed by atoms with E-state index in [4.69, 9.17) is 9.97 Å². The lowest BCUT2D eigenvalue weighted by Crippen LogP contribution is -2.20. The number of hydrogen-bond acceptors (Lipinski definition) is 4. The molecular weight excluding hydrogens is 569 g/mol. The highest BCUT2D eigenvalue weighted by Gasteiger charge is 2.31. The number of hydrogen-bond donors (Lipinski definition) is 0. The zero-order valence-corrected chi connectivity index (χ0v) is 24.9. The summed E-state index contributed by atoms with van der Waals surface area (Å²) in [7, 11) is 0. The van der Waals surface area contributed by atoms with E-state index in [9.17, 15) is 0 Å². The zero-order valence-electron chi connectivity index (χ0n) is 24.1. The molecular formula is C40H24N4S.